The quantitative estimate of drug-likeness (QED) is 0.0251. The van der Waals surface area contributed by atoms with E-state index in [1.165, 1.54) is 57.8 Å². The maximum absolute atomic E-state index is 13.1. The Kier molecular flexibility index (Phi) is 40.4. The van der Waals surface area contributed by atoms with Crippen molar-refractivity contribution >= 4 is 11.9 Å². The van der Waals surface area contributed by atoms with Gasteiger partial charge in [0.25, 0.3) is 0 Å². The number of amides is 1. The minimum atomic E-state index is -0.821. The van der Waals surface area contributed by atoms with Crippen molar-refractivity contribution in [1.82, 2.24) is 5.32 Å². The van der Waals surface area contributed by atoms with Crippen LogP contribution in [0.2, 0.25) is 0 Å². The number of carbonyl (C=O) groups excluding carboxylic acids is 2. The van der Waals surface area contributed by atoms with E-state index in [0.717, 1.165) is 77.0 Å². The van der Waals surface area contributed by atoms with Crippen LogP contribution in [0.15, 0.2) is 97.2 Å². The summed E-state index contributed by atoms with van der Waals surface area (Å²) in [7, 11) is 0. The number of hydrogen-bond acceptors (Lipinski definition) is 5. The lowest BCUT2D eigenvalue weighted by molar-refractivity contribution is -0.150. The van der Waals surface area contributed by atoms with Gasteiger partial charge in [-0.25, -0.2) is 0 Å². The summed E-state index contributed by atoms with van der Waals surface area (Å²) in [4.78, 5) is 25.9. The van der Waals surface area contributed by atoms with Gasteiger partial charge in [0, 0.05) is 12.8 Å². The van der Waals surface area contributed by atoms with E-state index in [-0.39, 0.29) is 24.9 Å². The van der Waals surface area contributed by atoms with E-state index in [4.69, 9.17) is 4.74 Å². The summed E-state index contributed by atoms with van der Waals surface area (Å²) in [5.74, 6) is -0.636. The smallest absolute Gasteiger partial charge is 0.306 e. The number of nitrogens with one attached hydrogen (secondary N) is 1. The Morgan fingerprint density at radius 1 is 0.571 bits per heavy atom. The topological polar surface area (TPSA) is 95.9 Å². The zero-order chi connectivity index (χ0) is 41.0. The van der Waals surface area contributed by atoms with Crippen molar-refractivity contribution in [3.05, 3.63) is 97.2 Å². The first kappa shape index (κ1) is 52.8. The van der Waals surface area contributed by atoms with Gasteiger partial charge in [0.05, 0.1) is 25.2 Å². The van der Waals surface area contributed by atoms with E-state index in [1.807, 2.05) is 48.6 Å². The Hall–Kier alpha value is -3.22. The third-order valence-electron chi connectivity index (χ3n) is 9.49. The Bertz CT molecular complexity index is 1140. The molecule has 0 aliphatic heterocycles. The second kappa shape index (κ2) is 42.9. The number of aliphatic hydroxyl groups is 2. The minimum absolute atomic E-state index is 0.0204. The maximum atomic E-state index is 13.1. The molecule has 3 unspecified atom stereocenters. The average molecular weight is 778 g/mol. The number of rotatable bonds is 38. The zero-order valence-corrected chi connectivity index (χ0v) is 36.0. The van der Waals surface area contributed by atoms with Gasteiger partial charge < -0.3 is 20.3 Å². The van der Waals surface area contributed by atoms with Gasteiger partial charge in [0.15, 0.2) is 0 Å². The fraction of sp³-hybridized carbons (Fsp3) is 0.640. The summed E-state index contributed by atoms with van der Waals surface area (Å²) in [5, 5.41) is 23.5. The van der Waals surface area contributed by atoms with Crippen LogP contribution < -0.4 is 5.32 Å². The van der Waals surface area contributed by atoms with Crippen molar-refractivity contribution in [3.63, 3.8) is 0 Å². The molecule has 1 amide bonds. The molecule has 3 N–H and O–H groups in total. The molecule has 318 valence electrons. The lowest BCUT2D eigenvalue weighted by Crippen LogP contribution is -2.46. The second-order valence-corrected chi connectivity index (χ2v) is 14.8. The monoisotopic (exact) mass is 778 g/mol. The van der Waals surface area contributed by atoms with Crippen molar-refractivity contribution in [2.24, 2.45) is 0 Å². The Labute approximate surface area is 344 Å². The summed E-state index contributed by atoms with van der Waals surface area (Å²) in [6.07, 6.45) is 56.2. The SMILES string of the molecule is CC/C=C/C=C/C=C\C=C/CCCCCC(=O)OC(C/C=C\C/C=C\C/C=C\C/C=C\CCCCC)CC(=O)NC(CO)C(O)CCCCCCCCCCC. The van der Waals surface area contributed by atoms with Crippen molar-refractivity contribution < 1.29 is 24.5 Å². The maximum Gasteiger partial charge on any atom is 0.306 e. The second-order valence-electron chi connectivity index (χ2n) is 14.8. The summed E-state index contributed by atoms with van der Waals surface area (Å²) in [6.45, 7) is 6.23. The molecule has 0 rings (SSSR count). The molecular formula is C50H83NO5. The largest absolute Gasteiger partial charge is 0.461 e. The first-order chi connectivity index (χ1) is 27.5. The number of allylic oxidation sites excluding steroid dienone is 15. The predicted molar refractivity (Wildman–Crippen MR) is 240 cm³/mol. The lowest BCUT2D eigenvalue weighted by atomic mass is 10.0. The van der Waals surface area contributed by atoms with Gasteiger partial charge >= 0.3 is 5.97 Å². The fourth-order valence-corrected chi connectivity index (χ4v) is 6.06. The van der Waals surface area contributed by atoms with Crippen LogP contribution in [0.1, 0.15) is 181 Å². The summed E-state index contributed by atoms with van der Waals surface area (Å²) < 4.78 is 5.81. The lowest BCUT2D eigenvalue weighted by Gasteiger charge is -2.24. The molecule has 0 bridgehead atoms. The number of aliphatic hydroxyl groups excluding tert-OH is 2. The van der Waals surface area contributed by atoms with Crippen LogP contribution in [0.4, 0.5) is 0 Å². The zero-order valence-electron chi connectivity index (χ0n) is 36.0. The third-order valence-corrected chi connectivity index (χ3v) is 9.49. The highest BCUT2D eigenvalue weighted by Gasteiger charge is 2.23. The van der Waals surface area contributed by atoms with Crippen LogP contribution in [0.5, 0.6) is 0 Å². The van der Waals surface area contributed by atoms with Crippen LogP contribution in [0.25, 0.3) is 0 Å². The average Bonchev–Trinajstić information content (AvgIpc) is 3.19. The molecule has 0 aliphatic carbocycles. The van der Waals surface area contributed by atoms with Gasteiger partial charge in [-0.1, -0.05) is 195 Å². The minimum Gasteiger partial charge on any atom is -0.461 e. The van der Waals surface area contributed by atoms with E-state index >= 15 is 0 Å². The highest BCUT2D eigenvalue weighted by molar-refractivity contribution is 5.77. The van der Waals surface area contributed by atoms with Gasteiger partial charge in [-0.05, 0) is 64.2 Å². The van der Waals surface area contributed by atoms with E-state index in [9.17, 15) is 19.8 Å². The number of unbranched alkanes of at least 4 members (excludes halogenated alkanes) is 14. The Morgan fingerprint density at radius 2 is 1.07 bits per heavy atom. The fourth-order valence-electron chi connectivity index (χ4n) is 6.06. The van der Waals surface area contributed by atoms with Gasteiger partial charge in [-0.3, -0.25) is 9.59 Å². The molecule has 0 aliphatic rings. The number of esters is 1. The molecule has 3 atom stereocenters. The summed E-state index contributed by atoms with van der Waals surface area (Å²) >= 11 is 0. The molecule has 0 fully saturated rings. The van der Waals surface area contributed by atoms with Crippen LogP contribution in [0.3, 0.4) is 0 Å². The Balaban J connectivity index is 4.87. The molecule has 6 nitrogen and oxygen atoms in total. The van der Waals surface area contributed by atoms with E-state index < -0.39 is 18.2 Å². The van der Waals surface area contributed by atoms with E-state index in [2.05, 4.69) is 74.7 Å². The van der Waals surface area contributed by atoms with Crippen molar-refractivity contribution in [3.8, 4) is 0 Å². The predicted octanol–water partition coefficient (Wildman–Crippen LogP) is 13.0. The molecule has 0 aromatic rings. The molecular weight excluding hydrogens is 695 g/mol. The van der Waals surface area contributed by atoms with Crippen molar-refractivity contribution in [2.45, 2.75) is 200 Å². The first-order valence-corrected chi connectivity index (χ1v) is 22.5. The first-order valence-electron chi connectivity index (χ1n) is 22.5. The van der Waals surface area contributed by atoms with E-state index in [1.54, 1.807) is 0 Å². The molecule has 0 spiro atoms. The Morgan fingerprint density at radius 3 is 1.70 bits per heavy atom. The van der Waals surface area contributed by atoms with Crippen LogP contribution >= 0.6 is 0 Å². The molecule has 0 saturated heterocycles. The summed E-state index contributed by atoms with van der Waals surface area (Å²) in [5.41, 5.74) is 0. The molecule has 0 aromatic carbocycles. The van der Waals surface area contributed by atoms with Crippen molar-refractivity contribution in [1.29, 1.82) is 0 Å². The summed E-state index contributed by atoms with van der Waals surface area (Å²) in [6, 6.07) is -0.742. The highest BCUT2D eigenvalue weighted by atomic mass is 16.5. The number of ether oxygens (including phenoxy) is 1. The standard InChI is InChI=1S/C50H83NO5/c1-4-7-10-13-16-19-21-23-24-26-27-30-32-35-38-41-46(56-50(55)43-40-37-34-31-28-25-22-20-17-14-11-8-5-2)44-49(54)51-47(45-52)48(53)42-39-36-33-29-18-15-12-9-6-3/h8,11,14,16-17,19-20,22-25,27-28,30,35,38,46-48,52-53H,4-7,9-10,12-13,15,18,21,26,29,31-34,36-37,39-45H2,1-3H3,(H,51,54)/b11-8+,17-14+,19-16-,22-20-,24-23-,28-25-,30-27-,38-35-. The van der Waals surface area contributed by atoms with Crippen molar-refractivity contribution in [2.75, 3.05) is 6.61 Å². The molecule has 0 aromatic heterocycles. The van der Waals surface area contributed by atoms with Crippen LogP contribution in [-0.4, -0.2) is 46.9 Å². The van der Waals surface area contributed by atoms with Gasteiger partial charge in [-0.15, -0.1) is 0 Å². The molecule has 0 radical (unpaired) electrons. The molecule has 56 heavy (non-hydrogen) atoms. The van der Waals surface area contributed by atoms with Gasteiger partial charge in [0.1, 0.15) is 6.10 Å². The number of carbonyl (C=O) groups is 2. The van der Waals surface area contributed by atoms with Gasteiger partial charge in [-0.2, -0.15) is 0 Å². The van der Waals surface area contributed by atoms with Crippen LogP contribution in [-0.2, 0) is 14.3 Å². The molecule has 6 heteroatoms. The normalized spacial score (nSPS) is 14.3. The third kappa shape index (κ3) is 37.7. The number of hydrogen-bond donors (Lipinski definition) is 3. The van der Waals surface area contributed by atoms with E-state index in [0.29, 0.717) is 19.3 Å². The van der Waals surface area contributed by atoms with Crippen LogP contribution in [0, 0.1) is 0 Å². The molecule has 0 saturated carbocycles. The van der Waals surface area contributed by atoms with Gasteiger partial charge in [0.2, 0.25) is 5.91 Å². The highest BCUT2D eigenvalue weighted by Crippen LogP contribution is 2.14. The molecule has 0 heterocycles.